The SMILES string of the molecule is COCCNC(=NCC1CC(=O)N(C)C1c1ccccc1)NCCc1ccco1. The molecule has 3 rings (SSSR count). The van der Waals surface area contributed by atoms with E-state index < -0.39 is 0 Å². The number of aliphatic imine (C=N–C) groups is 1. The lowest BCUT2D eigenvalue weighted by molar-refractivity contribution is -0.127. The van der Waals surface area contributed by atoms with Crippen LogP contribution in [0.25, 0.3) is 0 Å². The molecule has 0 spiro atoms. The van der Waals surface area contributed by atoms with Crippen molar-refractivity contribution in [2.24, 2.45) is 10.9 Å². The summed E-state index contributed by atoms with van der Waals surface area (Å²) in [6.07, 6.45) is 2.96. The molecule has 7 nitrogen and oxygen atoms in total. The number of nitrogens with zero attached hydrogens (tertiary/aromatic N) is 2. The van der Waals surface area contributed by atoms with E-state index in [4.69, 9.17) is 14.1 Å². The molecule has 2 N–H and O–H groups in total. The van der Waals surface area contributed by atoms with Crippen LogP contribution in [0.2, 0.25) is 0 Å². The molecule has 1 fully saturated rings. The van der Waals surface area contributed by atoms with Crippen molar-refractivity contribution in [2.75, 3.05) is 40.4 Å². The molecule has 1 aromatic carbocycles. The quantitative estimate of drug-likeness (QED) is 0.385. The summed E-state index contributed by atoms with van der Waals surface area (Å²) in [6.45, 7) is 2.53. The van der Waals surface area contributed by atoms with E-state index in [0.29, 0.717) is 32.7 Å². The molecule has 29 heavy (non-hydrogen) atoms. The molecule has 2 aromatic rings. The van der Waals surface area contributed by atoms with Gasteiger partial charge in [0.25, 0.3) is 0 Å². The van der Waals surface area contributed by atoms with Crippen LogP contribution < -0.4 is 10.6 Å². The minimum atomic E-state index is 0.0517. The molecule has 7 heteroatoms. The summed E-state index contributed by atoms with van der Waals surface area (Å²) in [5, 5.41) is 6.63. The topological polar surface area (TPSA) is 79.1 Å². The van der Waals surface area contributed by atoms with Gasteiger partial charge in [0, 0.05) is 52.6 Å². The van der Waals surface area contributed by atoms with Crippen molar-refractivity contribution in [3.05, 3.63) is 60.1 Å². The number of methoxy groups -OCH3 is 1. The van der Waals surface area contributed by atoms with Crippen LogP contribution in [0.3, 0.4) is 0 Å². The molecule has 2 heterocycles. The first kappa shape index (κ1) is 20.9. The Morgan fingerprint density at radius 2 is 2.00 bits per heavy atom. The summed E-state index contributed by atoms with van der Waals surface area (Å²) in [7, 11) is 3.55. The van der Waals surface area contributed by atoms with Crippen molar-refractivity contribution in [2.45, 2.75) is 18.9 Å². The number of carbonyl (C=O) groups is 1. The summed E-state index contributed by atoms with van der Waals surface area (Å²) >= 11 is 0. The van der Waals surface area contributed by atoms with Crippen LogP contribution in [0.1, 0.15) is 23.8 Å². The van der Waals surface area contributed by atoms with Crippen LogP contribution in [0.5, 0.6) is 0 Å². The number of furan rings is 1. The van der Waals surface area contributed by atoms with E-state index in [0.717, 1.165) is 23.7 Å². The average Bonchev–Trinajstić information content (AvgIpc) is 3.35. The van der Waals surface area contributed by atoms with Gasteiger partial charge in [0.15, 0.2) is 5.96 Å². The second-order valence-electron chi connectivity index (χ2n) is 7.19. The number of benzene rings is 1. The van der Waals surface area contributed by atoms with Gasteiger partial charge in [-0.25, -0.2) is 0 Å². The van der Waals surface area contributed by atoms with E-state index in [2.05, 4.69) is 22.8 Å². The highest BCUT2D eigenvalue weighted by atomic mass is 16.5. The third-order valence-corrected chi connectivity index (χ3v) is 5.16. The average molecular weight is 399 g/mol. The van der Waals surface area contributed by atoms with Crippen molar-refractivity contribution >= 4 is 11.9 Å². The molecular formula is C22H30N4O3. The van der Waals surface area contributed by atoms with Gasteiger partial charge in [0.1, 0.15) is 5.76 Å². The van der Waals surface area contributed by atoms with Crippen molar-refractivity contribution in [3.8, 4) is 0 Å². The summed E-state index contributed by atoms with van der Waals surface area (Å²) in [6, 6.07) is 14.1. The smallest absolute Gasteiger partial charge is 0.223 e. The summed E-state index contributed by atoms with van der Waals surface area (Å²) in [4.78, 5) is 19.0. The van der Waals surface area contributed by atoms with Gasteiger partial charge in [-0.3, -0.25) is 9.79 Å². The number of carbonyl (C=O) groups excluding carboxylic acids is 1. The Hall–Kier alpha value is -2.80. The Bertz CT molecular complexity index is 777. The summed E-state index contributed by atoms with van der Waals surface area (Å²) < 4.78 is 10.5. The molecule has 0 aliphatic carbocycles. The lowest BCUT2D eigenvalue weighted by atomic mass is 9.94. The second kappa shape index (κ2) is 10.7. The number of nitrogens with one attached hydrogen (secondary N) is 2. The number of ether oxygens (including phenoxy) is 1. The van der Waals surface area contributed by atoms with Gasteiger partial charge in [-0.1, -0.05) is 30.3 Å². The molecule has 1 amide bonds. The van der Waals surface area contributed by atoms with E-state index in [9.17, 15) is 4.79 Å². The fraction of sp³-hybridized carbons (Fsp3) is 0.455. The molecule has 0 bridgehead atoms. The summed E-state index contributed by atoms with van der Waals surface area (Å²) in [5.41, 5.74) is 1.15. The lowest BCUT2D eigenvalue weighted by Gasteiger charge is -2.25. The summed E-state index contributed by atoms with van der Waals surface area (Å²) in [5.74, 6) is 1.96. The van der Waals surface area contributed by atoms with Crippen molar-refractivity contribution < 1.29 is 13.9 Å². The Labute approximate surface area is 172 Å². The van der Waals surface area contributed by atoms with Crippen LogP contribution in [-0.2, 0) is 16.0 Å². The fourth-order valence-corrected chi connectivity index (χ4v) is 3.67. The zero-order valence-corrected chi connectivity index (χ0v) is 17.1. The Morgan fingerprint density at radius 3 is 2.72 bits per heavy atom. The van der Waals surface area contributed by atoms with Crippen LogP contribution in [0, 0.1) is 5.92 Å². The van der Waals surface area contributed by atoms with Crippen LogP contribution in [-0.4, -0.2) is 57.2 Å². The number of rotatable bonds is 9. The maximum atomic E-state index is 12.3. The van der Waals surface area contributed by atoms with E-state index in [1.807, 2.05) is 42.3 Å². The normalized spacial score (nSPS) is 19.6. The Kier molecular flexibility index (Phi) is 7.69. The molecule has 1 aromatic heterocycles. The van der Waals surface area contributed by atoms with Crippen LogP contribution >= 0.6 is 0 Å². The highest BCUT2D eigenvalue weighted by Gasteiger charge is 2.38. The molecule has 0 radical (unpaired) electrons. The number of guanidine groups is 1. The molecule has 1 saturated heterocycles. The molecule has 156 valence electrons. The molecule has 2 unspecified atom stereocenters. The highest BCUT2D eigenvalue weighted by molar-refractivity contribution is 5.81. The van der Waals surface area contributed by atoms with Gasteiger partial charge < -0.3 is 24.7 Å². The van der Waals surface area contributed by atoms with Gasteiger partial charge in [0.05, 0.1) is 18.9 Å². The molecular weight excluding hydrogens is 368 g/mol. The van der Waals surface area contributed by atoms with E-state index >= 15 is 0 Å². The first-order valence-electron chi connectivity index (χ1n) is 10.0. The number of likely N-dealkylation sites (tertiary alicyclic amines) is 1. The van der Waals surface area contributed by atoms with Crippen LogP contribution in [0.15, 0.2) is 58.1 Å². The van der Waals surface area contributed by atoms with Gasteiger partial charge in [0.2, 0.25) is 5.91 Å². The maximum Gasteiger partial charge on any atom is 0.223 e. The van der Waals surface area contributed by atoms with Crippen molar-refractivity contribution in [3.63, 3.8) is 0 Å². The molecule has 1 aliphatic heterocycles. The van der Waals surface area contributed by atoms with Gasteiger partial charge in [-0.05, 0) is 17.7 Å². The van der Waals surface area contributed by atoms with E-state index in [-0.39, 0.29) is 17.9 Å². The largest absolute Gasteiger partial charge is 0.469 e. The molecule has 1 aliphatic rings. The zero-order chi connectivity index (χ0) is 20.5. The second-order valence-corrected chi connectivity index (χ2v) is 7.19. The fourth-order valence-electron chi connectivity index (χ4n) is 3.67. The number of hydrogen-bond donors (Lipinski definition) is 2. The zero-order valence-electron chi connectivity index (χ0n) is 17.1. The maximum absolute atomic E-state index is 12.3. The first-order chi connectivity index (χ1) is 14.2. The predicted molar refractivity (Wildman–Crippen MR) is 113 cm³/mol. The third kappa shape index (κ3) is 5.84. The molecule has 0 saturated carbocycles. The van der Waals surface area contributed by atoms with Gasteiger partial charge in [-0.2, -0.15) is 0 Å². The highest BCUT2D eigenvalue weighted by Crippen LogP contribution is 2.36. The Morgan fingerprint density at radius 1 is 1.21 bits per heavy atom. The van der Waals surface area contributed by atoms with Crippen molar-refractivity contribution in [1.82, 2.24) is 15.5 Å². The van der Waals surface area contributed by atoms with Crippen LogP contribution in [0.4, 0.5) is 0 Å². The lowest BCUT2D eigenvalue weighted by Crippen LogP contribution is -2.40. The van der Waals surface area contributed by atoms with E-state index in [1.54, 1.807) is 13.4 Å². The van der Waals surface area contributed by atoms with E-state index in [1.165, 1.54) is 0 Å². The minimum absolute atomic E-state index is 0.0517. The predicted octanol–water partition coefficient (Wildman–Crippen LogP) is 2.22. The van der Waals surface area contributed by atoms with Gasteiger partial charge >= 0.3 is 0 Å². The van der Waals surface area contributed by atoms with Gasteiger partial charge in [-0.15, -0.1) is 0 Å². The molecule has 2 atom stereocenters. The third-order valence-electron chi connectivity index (χ3n) is 5.16. The standard InChI is InChI=1S/C22H30N4O3/c1-26-20(27)15-18(21(26)17-7-4-3-5-8-17)16-25-22(24-12-14-28-2)23-11-10-19-9-6-13-29-19/h3-9,13,18,21H,10-12,14-16H2,1-2H3,(H2,23,24,25). The minimum Gasteiger partial charge on any atom is -0.469 e. The first-order valence-corrected chi connectivity index (χ1v) is 10.0. The monoisotopic (exact) mass is 398 g/mol. The van der Waals surface area contributed by atoms with Crippen molar-refractivity contribution in [1.29, 1.82) is 0 Å². The Balaban J connectivity index is 1.64. The number of amides is 1. The number of hydrogen-bond acceptors (Lipinski definition) is 4.